The molecule has 2 amide bonds. The summed E-state index contributed by atoms with van der Waals surface area (Å²) >= 11 is 5.90. The van der Waals surface area contributed by atoms with Crippen molar-refractivity contribution in [2.75, 3.05) is 13.2 Å². The highest BCUT2D eigenvalue weighted by molar-refractivity contribution is 6.30. The first-order valence-electron chi connectivity index (χ1n) is 7.79. The van der Waals surface area contributed by atoms with E-state index in [4.69, 9.17) is 16.3 Å². The molecule has 0 unspecified atom stereocenters. The minimum Gasteiger partial charge on any atom is -0.488 e. The Morgan fingerprint density at radius 3 is 2.60 bits per heavy atom. The number of benzene rings is 2. The molecule has 0 saturated heterocycles. The number of rotatable bonds is 8. The van der Waals surface area contributed by atoms with Crippen molar-refractivity contribution in [1.29, 1.82) is 0 Å². The summed E-state index contributed by atoms with van der Waals surface area (Å²) in [5.74, 6) is 0.348. The van der Waals surface area contributed by atoms with Crippen LogP contribution in [0.2, 0.25) is 5.02 Å². The minimum atomic E-state index is -2.52. The Hall–Kier alpha value is -2.34. The lowest BCUT2D eigenvalue weighted by Crippen LogP contribution is -2.36. The predicted octanol–water partition coefficient (Wildman–Crippen LogP) is 4.03. The summed E-state index contributed by atoms with van der Waals surface area (Å²) in [5.41, 5.74) is 1.80. The zero-order chi connectivity index (χ0) is 18.1. The van der Waals surface area contributed by atoms with Crippen LogP contribution in [0.1, 0.15) is 11.1 Å². The van der Waals surface area contributed by atoms with E-state index in [-0.39, 0.29) is 12.6 Å². The summed E-state index contributed by atoms with van der Waals surface area (Å²) in [4.78, 5) is 11.8. The van der Waals surface area contributed by atoms with E-state index >= 15 is 0 Å². The second-order valence-electron chi connectivity index (χ2n) is 5.34. The second kappa shape index (κ2) is 9.84. The molecule has 0 heterocycles. The highest BCUT2D eigenvalue weighted by Crippen LogP contribution is 2.14. The molecule has 0 aliphatic heterocycles. The van der Waals surface area contributed by atoms with Crippen molar-refractivity contribution in [3.05, 3.63) is 64.7 Å². The quantitative estimate of drug-likeness (QED) is 0.739. The molecular weight excluding hydrogens is 350 g/mol. The van der Waals surface area contributed by atoms with Crippen LogP contribution >= 0.6 is 11.6 Å². The van der Waals surface area contributed by atoms with Crippen LogP contribution in [0.15, 0.2) is 48.5 Å². The Kier molecular flexibility index (Phi) is 7.47. The fourth-order valence-corrected chi connectivity index (χ4v) is 2.38. The number of ether oxygens (including phenoxy) is 1. The number of amides is 2. The molecule has 134 valence electrons. The molecule has 0 aliphatic carbocycles. The van der Waals surface area contributed by atoms with Crippen molar-refractivity contribution in [3.8, 4) is 5.75 Å². The molecule has 0 fully saturated rings. The summed E-state index contributed by atoms with van der Waals surface area (Å²) in [7, 11) is 0. The maximum absolute atomic E-state index is 12.1. The van der Waals surface area contributed by atoms with Gasteiger partial charge in [0.2, 0.25) is 0 Å². The molecule has 0 aliphatic rings. The lowest BCUT2D eigenvalue weighted by Gasteiger charge is -2.10. The van der Waals surface area contributed by atoms with Crippen LogP contribution in [0.25, 0.3) is 0 Å². The fourth-order valence-electron chi connectivity index (χ4n) is 2.16. The van der Waals surface area contributed by atoms with Gasteiger partial charge in [-0.05, 0) is 41.8 Å². The molecule has 2 aromatic carbocycles. The molecule has 0 bridgehead atoms. The minimum absolute atomic E-state index is 0.273. The number of hydrogen-bond acceptors (Lipinski definition) is 2. The second-order valence-corrected chi connectivity index (χ2v) is 5.78. The van der Waals surface area contributed by atoms with Gasteiger partial charge in [0.1, 0.15) is 12.4 Å². The monoisotopic (exact) mass is 368 g/mol. The average Bonchev–Trinajstić information content (AvgIpc) is 2.59. The first-order chi connectivity index (χ1) is 12.0. The number of urea groups is 1. The van der Waals surface area contributed by atoms with Crippen molar-refractivity contribution in [3.63, 3.8) is 0 Å². The Morgan fingerprint density at radius 2 is 1.84 bits per heavy atom. The molecule has 2 aromatic rings. The van der Waals surface area contributed by atoms with Crippen LogP contribution in [0.3, 0.4) is 0 Å². The maximum atomic E-state index is 12.1. The fraction of sp³-hybridized carbons (Fsp3) is 0.278. The molecule has 2 rings (SSSR count). The number of carbonyl (C=O) groups is 1. The summed E-state index contributed by atoms with van der Waals surface area (Å²) in [6, 6.07) is 13.8. The largest absolute Gasteiger partial charge is 0.488 e. The SMILES string of the molecule is O=C(NCCc1cccc(Cl)c1)NCc1cccc(OCC(F)F)c1. The number of halogens is 3. The van der Waals surface area contributed by atoms with Gasteiger partial charge in [-0.3, -0.25) is 0 Å². The Labute approximate surface area is 150 Å². The molecule has 7 heteroatoms. The first kappa shape index (κ1) is 19.0. The summed E-state index contributed by atoms with van der Waals surface area (Å²) in [5, 5.41) is 6.12. The summed E-state index contributed by atoms with van der Waals surface area (Å²) < 4.78 is 29.2. The lowest BCUT2D eigenvalue weighted by molar-refractivity contribution is 0.0818. The third kappa shape index (κ3) is 7.39. The molecule has 0 spiro atoms. The zero-order valence-corrected chi connectivity index (χ0v) is 14.2. The highest BCUT2D eigenvalue weighted by Gasteiger charge is 2.05. The van der Waals surface area contributed by atoms with Crippen molar-refractivity contribution in [1.82, 2.24) is 10.6 Å². The van der Waals surface area contributed by atoms with E-state index in [9.17, 15) is 13.6 Å². The standard InChI is InChI=1S/C18H19ClF2N2O2/c19-15-5-1-3-13(9-15)7-8-22-18(24)23-11-14-4-2-6-16(10-14)25-12-17(20)21/h1-6,9-10,17H,7-8,11-12H2,(H2,22,23,24). The molecule has 0 saturated carbocycles. The predicted molar refractivity (Wildman–Crippen MR) is 93.3 cm³/mol. The van der Waals surface area contributed by atoms with Gasteiger partial charge >= 0.3 is 6.03 Å². The zero-order valence-electron chi connectivity index (χ0n) is 13.5. The van der Waals surface area contributed by atoms with Gasteiger partial charge in [-0.15, -0.1) is 0 Å². The third-order valence-corrected chi connectivity index (χ3v) is 3.55. The van der Waals surface area contributed by atoms with Gasteiger partial charge in [-0.2, -0.15) is 0 Å². The molecular formula is C18H19ClF2N2O2. The normalized spacial score (nSPS) is 10.6. The maximum Gasteiger partial charge on any atom is 0.315 e. The van der Waals surface area contributed by atoms with Gasteiger partial charge < -0.3 is 15.4 Å². The van der Waals surface area contributed by atoms with Gasteiger partial charge in [-0.1, -0.05) is 35.9 Å². The van der Waals surface area contributed by atoms with E-state index in [1.165, 1.54) is 0 Å². The molecule has 0 aromatic heterocycles. The number of hydrogen-bond donors (Lipinski definition) is 2. The van der Waals surface area contributed by atoms with Gasteiger partial charge in [-0.25, -0.2) is 13.6 Å². The van der Waals surface area contributed by atoms with Crippen LogP contribution in [-0.4, -0.2) is 25.6 Å². The summed E-state index contributed by atoms with van der Waals surface area (Å²) in [6.45, 7) is 0.0967. The van der Waals surface area contributed by atoms with E-state index in [1.54, 1.807) is 30.3 Å². The van der Waals surface area contributed by atoms with Crippen LogP contribution in [-0.2, 0) is 13.0 Å². The number of alkyl halides is 2. The van der Waals surface area contributed by atoms with E-state index in [1.807, 2.05) is 18.2 Å². The number of carbonyl (C=O) groups excluding carboxylic acids is 1. The van der Waals surface area contributed by atoms with Gasteiger partial charge in [0.05, 0.1) is 0 Å². The topological polar surface area (TPSA) is 50.4 Å². The third-order valence-electron chi connectivity index (χ3n) is 3.32. The molecule has 2 N–H and O–H groups in total. The Bertz CT molecular complexity index is 698. The summed E-state index contributed by atoms with van der Waals surface area (Å²) in [6.07, 6.45) is -1.85. The smallest absolute Gasteiger partial charge is 0.315 e. The lowest BCUT2D eigenvalue weighted by atomic mass is 10.1. The van der Waals surface area contributed by atoms with E-state index in [0.717, 1.165) is 11.1 Å². The van der Waals surface area contributed by atoms with E-state index in [2.05, 4.69) is 10.6 Å². The molecule has 4 nitrogen and oxygen atoms in total. The molecule has 25 heavy (non-hydrogen) atoms. The first-order valence-corrected chi connectivity index (χ1v) is 8.17. The Morgan fingerprint density at radius 1 is 1.08 bits per heavy atom. The van der Waals surface area contributed by atoms with Crippen molar-refractivity contribution in [2.45, 2.75) is 19.4 Å². The highest BCUT2D eigenvalue weighted by atomic mass is 35.5. The van der Waals surface area contributed by atoms with Crippen molar-refractivity contribution < 1.29 is 18.3 Å². The van der Waals surface area contributed by atoms with Gasteiger partial charge in [0.15, 0.2) is 0 Å². The molecule has 0 radical (unpaired) electrons. The van der Waals surface area contributed by atoms with Crippen LogP contribution in [0.4, 0.5) is 13.6 Å². The van der Waals surface area contributed by atoms with Gasteiger partial charge in [0.25, 0.3) is 6.43 Å². The van der Waals surface area contributed by atoms with Crippen LogP contribution < -0.4 is 15.4 Å². The average molecular weight is 369 g/mol. The van der Waals surface area contributed by atoms with E-state index in [0.29, 0.717) is 23.7 Å². The van der Waals surface area contributed by atoms with Crippen LogP contribution in [0, 0.1) is 0 Å². The van der Waals surface area contributed by atoms with E-state index < -0.39 is 13.0 Å². The number of nitrogens with one attached hydrogen (secondary N) is 2. The van der Waals surface area contributed by atoms with Crippen LogP contribution in [0.5, 0.6) is 5.75 Å². The van der Waals surface area contributed by atoms with Crippen molar-refractivity contribution >= 4 is 17.6 Å². The molecule has 0 atom stereocenters. The van der Waals surface area contributed by atoms with Gasteiger partial charge in [0, 0.05) is 18.1 Å². The van der Waals surface area contributed by atoms with Crippen molar-refractivity contribution in [2.24, 2.45) is 0 Å². The Balaban J connectivity index is 1.71.